The highest BCUT2D eigenvalue weighted by Crippen LogP contribution is 2.29. The van der Waals surface area contributed by atoms with Crippen LogP contribution >= 0.6 is 0 Å². The van der Waals surface area contributed by atoms with Gasteiger partial charge in [-0.15, -0.1) is 0 Å². The summed E-state index contributed by atoms with van der Waals surface area (Å²) in [6.07, 6.45) is 0. The van der Waals surface area contributed by atoms with Gasteiger partial charge in [-0.25, -0.2) is 4.79 Å². The molecular formula is C24H25N3O. The molecule has 0 atom stereocenters. The Kier molecular flexibility index (Phi) is 5.69. The number of nitrogens with one attached hydrogen (secondary N) is 1. The fraction of sp³-hybridized carbons (Fsp3) is 0.208. The maximum atomic E-state index is 12.6. The second-order valence-corrected chi connectivity index (χ2v) is 7.04. The Morgan fingerprint density at radius 3 is 1.64 bits per heavy atom. The number of carbonyl (C=O) groups is 1. The average Bonchev–Trinajstić information content (AvgIpc) is 2.77. The highest BCUT2D eigenvalue weighted by atomic mass is 16.2. The molecule has 4 nitrogen and oxygen atoms in total. The molecule has 0 bridgehead atoms. The zero-order valence-corrected chi connectivity index (χ0v) is 15.9. The van der Waals surface area contributed by atoms with Gasteiger partial charge in [-0.1, -0.05) is 78.9 Å². The number of amides is 2. The molecule has 0 aliphatic carbocycles. The normalized spacial score (nSPS) is 14.8. The third-order valence-electron chi connectivity index (χ3n) is 5.22. The van der Waals surface area contributed by atoms with Crippen LogP contribution in [0.2, 0.25) is 0 Å². The lowest BCUT2D eigenvalue weighted by atomic mass is 9.96. The van der Waals surface area contributed by atoms with Crippen molar-refractivity contribution in [3.05, 3.63) is 102 Å². The van der Waals surface area contributed by atoms with E-state index in [4.69, 9.17) is 0 Å². The Bertz CT molecular complexity index is 836. The molecule has 4 rings (SSSR count). The van der Waals surface area contributed by atoms with Crippen molar-refractivity contribution in [2.75, 3.05) is 31.5 Å². The number of nitrogens with zero attached hydrogens (tertiary/aromatic N) is 2. The van der Waals surface area contributed by atoms with Gasteiger partial charge in [0.1, 0.15) is 0 Å². The van der Waals surface area contributed by atoms with Crippen LogP contribution in [0.5, 0.6) is 0 Å². The first kappa shape index (κ1) is 18.3. The van der Waals surface area contributed by atoms with Crippen LogP contribution in [0, 0.1) is 0 Å². The Morgan fingerprint density at radius 1 is 0.679 bits per heavy atom. The zero-order chi connectivity index (χ0) is 19.2. The summed E-state index contributed by atoms with van der Waals surface area (Å²) < 4.78 is 0. The van der Waals surface area contributed by atoms with E-state index in [0.717, 1.165) is 31.9 Å². The predicted octanol–water partition coefficient (Wildman–Crippen LogP) is 4.63. The summed E-state index contributed by atoms with van der Waals surface area (Å²) in [6.45, 7) is 3.12. The Hall–Kier alpha value is -3.11. The van der Waals surface area contributed by atoms with Crippen molar-refractivity contribution < 1.29 is 4.79 Å². The summed E-state index contributed by atoms with van der Waals surface area (Å²) in [6, 6.07) is 31.0. The number of anilines is 1. The van der Waals surface area contributed by atoms with Gasteiger partial charge >= 0.3 is 6.03 Å². The highest BCUT2D eigenvalue weighted by molar-refractivity contribution is 5.89. The van der Waals surface area contributed by atoms with Gasteiger partial charge < -0.3 is 10.2 Å². The first-order valence-corrected chi connectivity index (χ1v) is 9.76. The monoisotopic (exact) mass is 371 g/mol. The lowest BCUT2D eigenvalue weighted by molar-refractivity contribution is 0.126. The number of rotatable bonds is 4. The van der Waals surface area contributed by atoms with Crippen molar-refractivity contribution in [1.29, 1.82) is 0 Å². The molecule has 1 aliphatic heterocycles. The molecule has 0 aromatic heterocycles. The average molecular weight is 371 g/mol. The minimum atomic E-state index is -0.0261. The van der Waals surface area contributed by atoms with Crippen molar-refractivity contribution in [2.24, 2.45) is 0 Å². The summed E-state index contributed by atoms with van der Waals surface area (Å²) in [5.74, 6) is 0. The summed E-state index contributed by atoms with van der Waals surface area (Å²) >= 11 is 0. The summed E-state index contributed by atoms with van der Waals surface area (Å²) in [5.41, 5.74) is 3.41. The number of carbonyl (C=O) groups excluding carboxylic acids is 1. The molecule has 0 spiro atoms. The zero-order valence-electron chi connectivity index (χ0n) is 15.9. The van der Waals surface area contributed by atoms with E-state index < -0.39 is 0 Å². The lowest BCUT2D eigenvalue weighted by Crippen LogP contribution is -2.51. The van der Waals surface area contributed by atoms with Crippen LogP contribution in [0.25, 0.3) is 0 Å². The van der Waals surface area contributed by atoms with Crippen molar-refractivity contribution in [2.45, 2.75) is 6.04 Å². The molecule has 0 unspecified atom stereocenters. The number of hydrogen-bond acceptors (Lipinski definition) is 2. The van der Waals surface area contributed by atoms with Gasteiger partial charge in [0.15, 0.2) is 0 Å². The number of hydrogen-bond donors (Lipinski definition) is 1. The van der Waals surface area contributed by atoms with E-state index in [1.165, 1.54) is 11.1 Å². The molecule has 1 heterocycles. The number of benzene rings is 3. The van der Waals surface area contributed by atoms with Crippen LogP contribution in [0.4, 0.5) is 10.5 Å². The quantitative estimate of drug-likeness (QED) is 0.726. The summed E-state index contributed by atoms with van der Waals surface area (Å²) in [5, 5.41) is 2.99. The van der Waals surface area contributed by atoms with E-state index in [-0.39, 0.29) is 12.1 Å². The summed E-state index contributed by atoms with van der Waals surface area (Å²) in [7, 11) is 0. The Balaban J connectivity index is 1.45. The standard InChI is InChI=1S/C24H25N3O/c28-24(25-22-14-8-3-9-15-22)27-18-16-26(17-19-27)23(20-10-4-1-5-11-20)21-12-6-2-7-13-21/h1-15,23H,16-19H2,(H,25,28). The Labute approximate surface area is 166 Å². The van der Waals surface area contributed by atoms with E-state index in [2.05, 4.69) is 70.9 Å². The number of piperazine rings is 1. The molecule has 0 radical (unpaired) electrons. The number of urea groups is 1. The van der Waals surface area contributed by atoms with E-state index in [1.807, 2.05) is 35.2 Å². The SMILES string of the molecule is O=C(Nc1ccccc1)N1CCN(C(c2ccccc2)c2ccccc2)CC1. The molecule has 1 saturated heterocycles. The van der Waals surface area contributed by atoms with Crippen molar-refractivity contribution in [3.8, 4) is 0 Å². The molecule has 0 saturated carbocycles. The van der Waals surface area contributed by atoms with Crippen LogP contribution < -0.4 is 5.32 Å². The highest BCUT2D eigenvalue weighted by Gasteiger charge is 2.28. The van der Waals surface area contributed by atoms with Gasteiger partial charge in [-0.2, -0.15) is 0 Å². The van der Waals surface area contributed by atoms with Gasteiger partial charge in [0.25, 0.3) is 0 Å². The fourth-order valence-electron chi connectivity index (χ4n) is 3.79. The molecule has 28 heavy (non-hydrogen) atoms. The second-order valence-electron chi connectivity index (χ2n) is 7.04. The minimum absolute atomic E-state index is 0.0261. The van der Waals surface area contributed by atoms with E-state index in [0.29, 0.717) is 0 Å². The van der Waals surface area contributed by atoms with Gasteiger partial charge in [0.2, 0.25) is 0 Å². The predicted molar refractivity (Wildman–Crippen MR) is 113 cm³/mol. The van der Waals surface area contributed by atoms with Crippen molar-refractivity contribution in [1.82, 2.24) is 9.80 Å². The van der Waals surface area contributed by atoms with Gasteiger partial charge in [-0.05, 0) is 23.3 Å². The first-order chi connectivity index (χ1) is 13.8. The maximum absolute atomic E-state index is 12.6. The topological polar surface area (TPSA) is 35.6 Å². The molecule has 2 amide bonds. The van der Waals surface area contributed by atoms with Crippen LogP contribution in [0.3, 0.4) is 0 Å². The largest absolute Gasteiger partial charge is 0.322 e. The van der Waals surface area contributed by atoms with Crippen molar-refractivity contribution in [3.63, 3.8) is 0 Å². The fourth-order valence-corrected chi connectivity index (χ4v) is 3.79. The van der Waals surface area contributed by atoms with Gasteiger partial charge in [-0.3, -0.25) is 4.90 Å². The van der Waals surface area contributed by atoms with Gasteiger partial charge in [0, 0.05) is 31.9 Å². The molecule has 4 heteroatoms. The van der Waals surface area contributed by atoms with E-state index in [9.17, 15) is 4.79 Å². The second kappa shape index (κ2) is 8.72. The Morgan fingerprint density at radius 2 is 1.14 bits per heavy atom. The molecule has 3 aromatic rings. The third kappa shape index (κ3) is 4.24. The molecule has 1 aliphatic rings. The van der Waals surface area contributed by atoms with Crippen molar-refractivity contribution >= 4 is 11.7 Å². The molecule has 1 N–H and O–H groups in total. The van der Waals surface area contributed by atoms with Crippen LogP contribution in [-0.4, -0.2) is 42.0 Å². The molecule has 3 aromatic carbocycles. The summed E-state index contributed by atoms with van der Waals surface area (Å²) in [4.78, 5) is 16.9. The van der Waals surface area contributed by atoms with Crippen LogP contribution in [0.15, 0.2) is 91.0 Å². The number of para-hydroxylation sites is 1. The smallest absolute Gasteiger partial charge is 0.321 e. The van der Waals surface area contributed by atoms with E-state index >= 15 is 0 Å². The third-order valence-corrected chi connectivity index (χ3v) is 5.22. The minimum Gasteiger partial charge on any atom is -0.322 e. The first-order valence-electron chi connectivity index (χ1n) is 9.76. The lowest BCUT2D eigenvalue weighted by Gasteiger charge is -2.39. The maximum Gasteiger partial charge on any atom is 0.321 e. The van der Waals surface area contributed by atoms with E-state index in [1.54, 1.807) is 0 Å². The molecule has 142 valence electrons. The van der Waals surface area contributed by atoms with Gasteiger partial charge in [0.05, 0.1) is 6.04 Å². The van der Waals surface area contributed by atoms with Crippen LogP contribution in [0.1, 0.15) is 17.2 Å². The molecule has 1 fully saturated rings. The molecular weight excluding hydrogens is 346 g/mol. The van der Waals surface area contributed by atoms with Crippen LogP contribution in [-0.2, 0) is 0 Å².